The van der Waals surface area contributed by atoms with Crippen LogP contribution in [-0.4, -0.2) is 30.7 Å². The molecule has 2 N–H and O–H groups in total. The van der Waals surface area contributed by atoms with E-state index in [2.05, 4.69) is 24.5 Å². The van der Waals surface area contributed by atoms with Gasteiger partial charge >= 0.3 is 0 Å². The van der Waals surface area contributed by atoms with Crippen molar-refractivity contribution in [3.8, 4) is 5.75 Å². The smallest absolute Gasteiger partial charge is 0.257 e. The molecule has 25 heavy (non-hydrogen) atoms. The first-order valence-corrected chi connectivity index (χ1v) is 8.67. The van der Waals surface area contributed by atoms with Gasteiger partial charge in [-0.25, -0.2) is 0 Å². The second kappa shape index (κ2) is 10.5. The van der Waals surface area contributed by atoms with Gasteiger partial charge in [-0.3, -0.25) is 14.4 Å². The molecule has 0 aliphatic heterocycles. The fraction of sp³-hybridized carbons (Fsp3) is 0.526. The number of Topliss-reactive ketones (excluding diaryl/α,β-unsaturated/α-hetero) is 1. The van der Waals surface area contributed by atoms with E-state index in [9.17, 15) is 14.4 Å². The van der Waals surface area contributed by atoms with Crippen LogP contribution in [0, 0.1) is 5.92 Å². The van der Waals surface area contributed by atoms with E-state index in [1.165, 1.54) is 6.92 Å². The highest BCUT2D eigenvalue weighted by atomic mass is 16.5. The molecule has 0 aliphatic rings. The molecule has 0 saturated carbocycles. The Morgan fingerprint density at radius 3 is 2.48 bits per heavy atom. The van der Waals surface area contributed by atoms with Gasteiger partial charge < -0.3 is 15.4 Å². The van der Waals surface area contributed by atoms with Crippen molar-refractivity contribution in [2.75, 3.05) is 18.5 Å². The molecule has 0 heterocycles. The second-order valence-electron chi connectivity index (χ2n) is 6.39. The Morgan fingerprint density at radius 1 is 1.16 bits per heavy atom. The summed E-state index contributed by atoms with van der Waals surface area (Å²) in [5.74, 6) is 0.327. The fourth-order valence-corrected chi connectivity index (χ4v) is 2.15. The number of rotatable bonds is 10. The molecule has 0 unspecified atom stereocenters. The number of nitrogens with one attached hydrogen (secondary N) is 2. The molecular formula is C19H28N2O4. The Balaban J connectivity index is 2.68. The van der Waals surface area contributed by atoms with Crippen molar-refractivity contribution in [1.29, 1.82) is 0 Å². The lowest BCUT2D eigenvalue weighted by molar-refractivity contribution is -0.123. The van der Waals surface area contributed by atoms with E-state index >= 15 is 0 Å². The monoisotopic (exact) mass is 348 g/mol. The normalized spacial score (nSPS) is 10.4. The number of benzene rings is 1. The van der Waals surface area contributed by atoms with Crippen LogP contribution in [0.25, 0.3) is 0 Å². The number of anilines is 1. The molecule has 0 aliphatic carbocycles. The highest BCUT2D eigenvalue weighted by Gasteiger charge is 2.12. The number of carbonyl (C=O) groups excluding carboxylic acids is 3. The molecule has 0 aromatic heterocycles. The molecule has 1 aromatic rings. The number of carbonyl (C=O) groups is 3. The lowest BCUT2D eigenvalue weighted by Gasteiger charge is -2.13. The van der Waals surface area contributed by atoms with E-state index in [1.54, 1.807) is 18.2 Å². The van der Waals surface area contributed by atoms with Crippen LogP contribution in [0.2, 0.25) is 0 Å². The van der Waals surface area contributed by atoms with E-state index < -0.39 is 0 Å². The number of hydrogen-bond acceptors (Lipinski definition) is 4. The number of amides is 2. The third-order valence-corrected chi connectivity index (χ3v) is 3.52. The van der Waals surface area contributed by atoms with Crippen molar-refractivity contribution in [2.45, 2.75) is 47.0 Å². The van der Waals surface area contributed by atoms with Gasteiger partial charge in [-0.15, -0.1) is 0 Å². The van der Waals surface area contributed by atoms with Crippen LogP contribution in [0.1, 0.15) is 57.3 Å². The standard InChI is InChI=1S/C19H28N2O4/c1-5-6-18(23)21-15-7-8-17(16(11-15)14(4)22)25-12-19(24)20-10-9-13(2)3/h7-8,11,13H,5-6,9-10,12H2,1-4H3,(H,20,24)(H,21,23). The van der Waals surface area contributed by atoms with Gasteiger partial charge in [-0.1, -0.05) is 20.8 Å². The van der Waals surface area contributed by atoms with Crippen LogP contribution >= 0.6 is 0 Å². The molecule has 0 bridgehead atoms. The predicted octanol–water partition coefficient (Wildman–Crippen LogP) is 3.17. The van der Waals surface area contributed by atoms with Gasteiger partial charge in [-0.2, -0.15) is 0 Å². The molecule has 6 heteroatoms. The minimum Gasteiger partial charge on any atom is -0.483 e. The first kappa shape index (κ1) is 20.7. The maximum atomic E-state index is 11.8. The van der Waals surface area contributed by atoms with Gasteiger partial charge in [0.05, 0.1) is 5.56 Å². The SMILES string of the molecule is CCCC(=O)Nc1ccc(OCC(=O)NCCC(C)C)c(C(C)=O)c1. The Kier molecular flexibility index (Phi) is 8.67. The second-order valence-corrected chi connectivity index (χ2v) is 6.39. The number of hydrogen-bond donors (Lipinski definition) is 2. The highest BCUT2D eigenvalue weighted by molar-refractivity contribution is 5.99. The third kappa shape index (κ3) is 7.83. The third-order valence-electron chi connectivity index (χ3n) is 3.52. The predicted molar refractivity (Wildman–Crippen MR) is 97.9 cm³/mol. The van der Waals surface area contributed by atoms with Crippen molar-refractivity contribution in [3.05, 3.63) is 23.8 Å². The van der Waals surface area contributed by atoms with Gasteiger partial charge in [0.2, 0.25) is 5.91 Å². The average Bonchev–Trinajstić information content (AvgIpc) is 2.53. The summed E-state index contributed by atoms with van der Waals surface area (Å²) in [6.45, 7) is 7.96. The topological polar surface area (TPSA) is 84.5 Å². The summed E-state index contributed by atoms with van der Waals surface area (Å²) in [7, 11) is 0. The minimum atomic E-state index is -0.226. The highest BCUT2D eigenvalue weighted by Crippen LogP contribution is 2.23. The summed E-state index contributed by atoms with van der Waals surface area (Å²) in [5.41, 5.74) is 0.877. The van der Waals surface area contributed by atoms with E-state index in [-0.39, 0.29) is 24.2 Å². The molecule has 1 rings (SSSR count). The van der Waals surface area contributed by atoms with Crippen LogP contribution in [0.3, 0.4) is 0 Å². The van der Waals surface area contributed by atoms with Gasteiger partial charge in [0, 0.05) is 18.7 Å². The van der Waals surface area contributed by atoms with Gasteiger partial charge in [0.15, 0.2) is 12.4 Å². The molecule has 1 aromatic carbocycles. The minimum absolute atomic E-state index is 0.102. The molecule has 0 fully saturated rings. The molecule has 6 nitrogen and oxygen atoms in total. The van der Waals surface area contributed by atoms with Crippen molar-refractivity contribution < 1.29 is 19.1 Å². The summed E-state index contributed by atoms with van der Waals surface area (Å²) in [6.07, 6.45) is 2.07. The van der Waals surface area contributed by atoms with E-state index in [0.717, 1.165) is 12.8 Å². The van der Waals surface area contributed by atoms with Crippen LogP contribution in [0.4, 0.5) is 5.69 Å². The molecule has 0 spiro atoms. The molecule has 2 amide bonds. The zero-order chi connectivity index (χ0) is 18.8. The van der Waals surface area contributed by atoms with E-state index in [4.69, 9.17) is 4.74 Å². The van der Waals surface area contributed by atoms with Crippen molar-refractivity contribution in [1.82, 2.24) is 5.32 Å². The molecule has 0 atom stereocenters. The van der Waals surface area contributed by atoms with Gasteiger partial charge in [-0.05, 0) is 43.9 Å². The molecular weight excluding hydrogens is 320 g/mol. The Bertz CT molecular complexity index is 611. The first-order chi connectivity index (χ1) is 11.8. The largest absolute Gasteiger partial charge is 0.483 e. The quantitative estimate of drug-likeness (QED) is 0.636. The number of ether oxygens (including phenoxy) is 1. The Hall–Kier alpha value is -2.37. The summed E-state index contributed by atoms with van der Waals surface area (Å²) in [5, 5.41) is 5.52. The summed E-state index contributed by atoms with van der Waals surface area (Å²) >= 11 is 0. The molecule has 0 saturated heterocycles. The molecule has 138 valence electrons. The Labute approximate surface area is 149 Å². The maximum Gasteiger partial charge on any atom is 0.257 e. The summed E-state index contributed by atoms with van der Waals surface area (Å²) in [4.78, 5) is 35.3. The zero-order valence-corrected chi connectivity index (χ0v) is 15.5. The van der Waals surface area contributed by atoms with Crippen LogP contribution in [0.5, 0.6) is 5.75 Å². The number of ketones is 1. The summed E-state index contributed by atoms with van der Waals surface area (Å²) in [6, 6.07) is 4.83. The van der Waals surface area contributed by atoms with Crippen LogP contribution in [-0.2, 0) is 9.59 Å². The molecule has 0 radical (unpaired) electrons. The average molecular weight is 348 g/mol. The fourth-order valence-electron chi connectivity index (χ4n) is 2.15. The van der Waals surface area contributed by atoms with Crippen molar-refractivity contribution in [3.63, 3.8) is 0 Å². The lowest BCUT2D eigenvalue weighted by Crippen LogP contribution is -2.30. The first-order valence-electron chi connectivity index (χ1n) is 8.67. The van der Waals surface area contributed by atoms with Crippen LogP contribution < -0.4 is 15.4 Å². The zero-order valence-electron chi connectivity index (χ0n) is 15.5. The maximum absolute atomic E-state index is 11.8. The van der Waals surface area contributed by atoms with Gasteiger partial charge in [0.25, 0.3) is 5.91 Å². The van der Waals surface area contributed by atoms with E-state index in [0.29, 0.717) is 35.9 Å². The van der Waals surface area contributed by atoms with Gasteiger partial charge in [0.1, 0.15) is 5.75 Å². The Morgan fingerprint density at radius 2 is 1.88 bits per heavy atom. The van der Waals surface area contributed by atoms with Crippen LogP contribution in [0.15, 0.2) is 18.2 Å². The van der Waals surface area contributed by atoms with Crippen molar-refractivity contribution in [2.24, 2.45) is 5.92 Å². The van der Waals surface area contributed by atoms with Crippen molar-refractivity contribution >= 4 is 23.3 Å². The summed E-state index contributed by atoms with van der Waals surface area (Å²) < 4.78 is 5.48. The lowest BCUT2D eigenvalue weighted by atomic mass is 10.1. The van der Waals surface area contributed by atoms with E-state index in [1.807, 2.05) is 6.92 Å².